The van der Waals surface area contributed by atoms with Crippen molar-refractivity contribution in [2.45, 2.75) is 12.5 Å². The number of hydrogen-bond donors (Lipinski definition) is 0. The van der Waals surface area contributed by atoms with Crippen LogP contribution in [-0.2, 0) is 6.54 Å². The van der Waals surface area contributed by atoms with Gasteiger partial charge in [0.25, 0.3) is 0 Å². The summed E-state index contributed by atoms with van der Waals surface area (Å²) in [4.78, 5) is 6.69. The van der Waals surface area contributed by atoms with E-state index in [4.69, 9.17) is 4.42 Å². The zero-order valence-corrected chi connectivity index (χ0v) is 14.5. The van der Waals surface area contributed by atoms with Crippen LogP contribution in [0.1, 0.15) is 22.6 Å². The molecule has 0 radical (unpaired) electrons. The summed E-state index contributed by atoms with van der Waals surface area (Å²) in [6, 6.07) is 15.1. The molecule has 1 aliphatic rings. The van der Waals surface area contributed by atoms with E-state index < -0.39 is 0 Å². The summed E-state index contributed by atoms with van der Waals surface area (Å²) in [6.07, 6.45) is 4.94. The monoisotopic (exact) mass is 342 g/mol. The van der Waals surface area contributed by atoms with E-state index in [0.717, 1.165) is 35.3 Å². The predicted molar refractivity (Wildman–Crippen MR) is 99.7 cm³/mol. The Labute approximate surface area is 151 Å². The molecular formula is C21H18N4O. The maximum Gasteiger partial charge on any atom is 0.138 e. The van der Waals surface area contributed by atoms with Crippen molar-refractivity contribution in [3.05, 3.63) is 77.9 Å². The third-order valence-corrected chi connectivity index (χ3v) is 5.13. The van der Waals surface area contributed by atoms with E-state index in [9.17, 15) is 0 Å². The minimum Gasteiger partial charge on any atom is -0.464 e. The molecule has 5 heteroatoms. The zero-order valence-electron chi connectivity index (χ0n) is 14.5. The molecule has 0 amide bonds. The number of fused-ring (bicyclic) bond motifs is 2. The average Bonchev–Trinajstić information content (AvgIpc) is 3.15. The summed E-state index contributed by atoms with van der Waals surface area (Å²) in [5.41, 5.74) is 6.87. The molecule has 3 heterocycles. The van der Waals surface area contributed by atoms with Gasteiger partial charge in [0.05, 0.1) is 18.2 Å². The minimum absolute atomic E-state index is 0.329. The molecule has 0 saturated carbocycles. The Hall–Kier alpha value is -3.05. The number of likely N-dealkylation sites (N-methyl/N-ethyl adjacent to an activating group) is 1. The summed E-state index contributed by atoms with van der Waals surface area (Å²) in [5.74, 6) is 0.329. The van der Waals surface area contributed by atoms with Crippen LogP contribution in [0.2, 0.25) is 0 Å². The predicted octanol–water partition coefficient (Wildman–Crippen LogP) is 3.86. The molecule has 2 aromatic carbocycles. The SMILES string of the molecule is CN1Cc2cc(-c3cnncn3)ccc2C(c2ccc3ccoc3c2)C1. The first-order valence-electron chi connectivity index (χ1n) is 8.69. The number of hydrogen-bond acceptors (Lipinski definition) is 5. The fourth-order valence-corrected chi connectivity index (χ4v) is 3.87. The Bertz CT molecular complexity index is 1070. The third-order valence-electron chi connectivity index (χ3n) is 5.13. The fourth-order valence-electron chi connectivity index (χ4n) is 3.87. The number of furan rings is 1. The van der Waals surface area contributed by atoms with Crippen LogP contribution in [0.3, 0.4) is 0 Å². The van der Waals surface area contributed by atoms with E-state index in [1.165, 1.54) is 23.0 Å². The molecule has 26 heavy (non-hydrogen) atoms. The van der Waals surface area contributed by atoms with E-state index in [1.54, 1.807) is 12.5 Å². The van der Waals surface area contributed by atoms with Gasteiger partial charge in [0.2, 0.25) is 0 Å². The van der Waals surface area contributed by atoms with Crippen molar-refractivity contribution in [3.8, 4) is 11.3 Å². The van der Waals surface area contributed by atoms with Crippen LogP contribution in [0, 0.1) is 0 Å². The van der Waals surface area contributed by atoms with Gasteiger partial charge in [-0.2, -0.15) is 5.10 Å². The maximum absolute atomic E-state index is 5.61. The second-order valence-corrected chi connectivity index (χ2v) is 6.87. The Morgan fingerprint density at radius 1 is 1.08 bits per heavy atom. The Balaban J connectivity index is 1.59. The van der Waals surface area contributed by atoms with Gasteiger partial charge in [0.15, 0.2) is 0 Å². The van der Waals surface area contributed by atoms with E-state index >= 15 is 0 Å². The minimum atomic E-state index is 0.329. The molecule has 2 aromatic heterocycles. The summed E-state index contributed by atoms with van der Waals surface area (Å²) in [5, 5.41) is 8.85. The number of aromatic nitrogens is 3. The topological polar surface area (TPSA) is 55.1 Å². The molecule has 4 aromatic rings. The molecule has 0 aliphatic carbocycles. The van der Waals surface area contributed by atoms with Crippen LogP contribution in [0.4, 0.5) is 0 Å². The highest BCUT2D eigenvalue weighted by molar-refractivity contribution is 5.78. The van der Waals surface area contributed by atoms with Crippen molar-refractivity contribution < 1.29 is 4.42 Å². The van der Waals surface area contributed by atoms with Crippen LogP contribution in [0.15, 0.2) is 65.7 Å². The van der Waals surface area contributed by atoms with Crippen LogP contribution < -0.4 is 0 Å². The molecule has 1 aliphatic heterocycles. The molecule has 0 spiro atoms. The maximum atomic E-state index is 5.61. The largest absolute Gasteiger partial charge is 0.464 e. The standard InChI is InChI=1S/C21H18N4O/c1-25-11-17-8-16(20-10-23-24-13-22-20)4-5-18(17)19(12-25)15-3-2-14-6-7-26-21(14)9-15/h2-10,13,19H,11-12H2,1H3. The van der Waals surface area contributed by atoms with Gasteiger partial charge in [-0.05, 0) is 41.9 Å². The molecule has 0 saturated heterocycles. The van der Waals surface area contributed by atoms with Crippen LogP contribution >= 0.6 is 0 Å². The van der Waals surface area contributed by atoms with Gasteiger partial charge in [-0.15, -0.1) is 5.10 Å². The molecule has 0 bridgehead atoms. The summed E-state index contributed by atoms with van der Waals surface area (Å²) in [6.45, 7) is 1.93. The van der Waals surface area contributed by atoms with E-state index in [2.05, 4.69) is 63.5 Å². The number of benzene rings is 2. The van der Waals surface area contributed by atoms with Crippen molar-refractivity contribution in [2.75, 3.05) is 13.6 Å². The second-order valence-electron chi connectivity index (χ2n) is 6.87. The van der Waals surface area contributed by atoms with Gasteiger partial charge in [-0.3, -0.25) is 0 Å². The van der Waals surface area contributed by atoms with E-state index in [-0.39, 0.29) is 0 Å². The van der Waals surface area contributed by atoms with Gasteiger partial charge >= 0.3 is 0 Å². The first-order chi connectivity index (χ1) is 12.8. The van der Waals surface area contributed by atoms with Gasteiger partial charge < -0.3 is 9.32 Å². The van der Waals surface area contributed by atoms with Crippen molar-refractivity contribution in [1.29, 1.82) is 0 Å². The smallest absolute Gasteiger partial charge is 0.138 e. The van der Waals surface area contributed by atoms with Crippen molar-refractivity contribution in [2.24, 2.45) is 0 Å². The van der Waals surface area contributed by atoms with Crippen molar-refractivity contribution in [3.63, 3.8) is 0 Å². The van der Waals surface area contributed by atoms with Gasteiger partial charge in [-0.25, -0.2) is 4.98 Å². The third kappa shape index (κ3) is 2.57. The highest BCUT2D eigenvalue weighted by atomic mass is 16.3. The Morgan fingerprint density at radius 3 is 2.92 bits per heavy atom. The number of rotatable bonds is 2. The molecule has 128 valence electrons. The lowest BCUT2D eigenvalue weighted by Crippen LogP contribution is -2.31. The second kappa shape index (κ2) is 6.04. The van der Waals surface area contributed by atoms with E-state index in [0.29, 0.717) is 5.92 Å². The molecule has 1 unspecified atom stereocenters. The highest BCUT2D eigenvalue weighted by Gasteiger charge is 2.25. The van der Waals surface area contributed by atoms with Gasteiger partial charge in [-0.1, -0.05) is 24.3 Å². The fraction of sp³-hybridized carbons (Fsp3) is 0.190. The molecule has 0 fully saturated rings. The first-order valence-corrected chi connectivity index (χ1v) is 8.69. The first kappa shape index (κ1) is 15.2. The quantitative estimate of drug-likeness (QED) is 0.554. The van der Waals surface area contributed by atoms with E-state index in [1.807, 2.05) is 6.07 Å². The Morgan fingerprint density at radius 2 is 2.04 bits per heavy atom. The molecule has 0 N–H and O–H groups in total. The lowest BCUT2D eigenvalue weighted by molar-refractivity contribution is 0.295. The summed E-state index contributed by atoms with van der Waals surface area (Å²) < 4.78 is 5.61. The molecular weight excluding hydrogens is 324 g/mol. The number of nitrogens with zero attached hydrogens (tertiary/aromatic N) is 4. The lowest BCUT2D eigenvalue weighted by atomic mass is 9.83. The normalized spacial score (nSPS) is 17.3. The summed E-state index contributed by atoms with van der Waals surface area (Å²) in [7, 11) is 2.17. The van der Waals surface area contributed by atoms with Crippen LogP contribution in [0.5, 0.6) is 0 Å². The van der Waals surface area contributed by atoms with Crippen molar-refractivity contribution in [1.82, 2.24) is 20.1 Å². The summed E-state index contributed by atoms with van der Waals surface area (Å²) >= 11 is 0. The molecule has 5 rings (SSSR count). The lowest BCUT2D eigenvalue weighted by Gasteiger charge is -2.33. The molecule has 1 atom stereocenters. The van der Waals surface area contributed by atoms with Gasteiger partial charge in [0, 0.05) is 30.0 Å². The van der Waals surface area contributed by atoms with Crippen LogP contribution in [-0.4, -0.2) is 33.7 Å². The highest BCUT2D eigenvalue weighted by Crippen LogP contribution is 2.36. The van der Waals surface area contributed by atoms with Crippen molar-refractivity contribution >= 4 is 11.0 Å². The molecule has 5 nitrogen and oxygen atoms in total. The van der Waals surface area contributed by atoms with Crippen LogP contribution in [0.25, 0.3) is 22.2 Å². The average molecular weight is 342 g/mol. The Kier molecular flexibility index (Phi) is 3.53. The zero-order chi connectivity index (χ0) is 17.5. The van der Waals surface area contributed by atoms with Gasteiger partial charge in [0.1, 0.15) is 11.9 Å².